The number of nitro benzene ring substituents is 1. The Morgan fingerprint density at radius 1 is 1.42 bits per heavy atom. The summed E-state index contributed by atoms with van der Waals surface area (Å²) < 4.78 is 0.837. The number of hydrogen-bond donors (Lipinski definition) is 1. The predicted molar refractivity (Wildman–Crippen MR) is 82.1 cm³/mol. The first-order valence-corrected chi connectivity index (χ1v) is 6.76. The number of nitrogens with one attached hydrogen (secondary N) is 1. The molecule has 1 unspecified atom stereocenters. The molecular formula is C13H12IN3O2. The van der Waals surface area contributed by atoms with Gasteiger partial charge in [0, 0.05) is 22.0 Å². The summed E-state index contributed by atoms with van der Waals surface area (Å²) in [5.41, 5.74) is 1.58. The van der Waals surface area contributed by atoms with E-state index in [1.165, 1.54) is 0 Å². The van der Waals surface area contributed by atoms with Gasteiger partial charge in [-0.3, -0.25) is 15.1 Å². The van der Waals surface area contributed by atoms with E-state index < -0.39 is 0 Å². The SMILES string of the molecule is CC(Nc1ccc(I)cc1[N+](=O)[O-])c1cccnc1. The molecule has 1 aromatic carbocycles. The van der Waals surface area contributed by atoms with Gasteiger partial charge in [-0.1, -0.05) is 6.07 Å². The first-order chi connectivity index (χ1) is 9.08. The van der Waals surface area contributed by atoms with Gasteiger partial charge >= 0.3 is 0 Å². The second-order valence-corrected chi connectivity index (χ2v) is 5.32. The van der Waals surface area contributed by atoms with Crippen LogP contribution in [-0.2, 0) is 0 Å². The van der Waals surface area contributed by atoms with Crippen LogP contribution in [-0.4, -0.2) is 9.91 Å². The van der Waals surface area contributed by atoms with Crippen LogP contribution in [0.5, 0.6) is 0 Å². The fourth-order valence-electron chi connectivity index (χ4n) is 1.73. The quantitative estimate of drug-likeness (QED) is 0.506. The van der Waals surface area contributed by atoms with Crippen molar-refractivity contribution in [1.82, 2.24) is 4.98 Å². The number of nitrogens with zero attached hydrogens (tertiary/aromatic N) is 2. The Morgan fingerprint density at radius 2 is 2.21 bits per heavy atom. The van der Waals surface area contributed by atoms with E-state index in [4.69, 9.17) is 0 Å². The van der Waals surface area contributed by atoms with Crippen molar-refractivity contribution >= 4 is 34.0 Å². The van der Waals surface area contributed by atoms with Crippen LogP contribution in [0.1, 0.15) is 18.5 Å². The Morgan fingerprint density at radius 3 is 2.84 bits per heavy atom. The van der Waals surface area contributed by atoms with Crippen LogP contribution in [0.2, 0.25) is 0 Å². The molecule has 2 rings (SSSR count). The highest BCUT2D eigenvalue weighted by Crippen LogP contribution is 2.29. The lowest BCUT2D eigenvalue weighted by Crippen LogP contribution is -2.08. The molecule has 1 N–H and O–H groups in total. The molecule has 0 aliphatic heterocycles. The zero-order valence-electron chi connectivity index (χ0n) is 10.2. The Bertz CT molecular complexity index is 590. The molecule has 0 aliphatic rings. The second-order valence-electron chi connectivity index (χ2n) is 4.07. The van der Waals surface area contributed by atoms with Gasteiger partial charge in [-0.15, -0.1) is 0 Å². The van der Waals surface area contributed by atoms with Gasteiger partial charge in [0.05, 0.1) is 11.0 Å². The number of nitro groups is 1. The molecule has 19 heavy (non-hydrogen) atoms. The average Bonchev–Trinajstić information content (AvgIpc) is 2.41. The third kappa shape index (κ3) is 3.40. The lowest BCUT2D eigenvalue weighted by molar-refractivity contribution is -0.384. The maximum atomic E-state index is 11.0. The Kier molecular flexibility index (Phi) is 4.31. The first-order valence-electron chi connectivity index (χ1n) is 5.68. The van der Waals surface area contributed by atoms with Crippen LogP contribution in [0.25, 0.3) is 0 Å². The summed E-state index contributed by atoms with van der Waals surface area (Å²) in [6, 6.07) is 8.85. The van der Waals surface area contributed by atoms with Crippen molar-refractivity contribution in [2.75, 3.05) is 5.32 Å². The predicted octanol–water partition coefficient (Wildman–Crippen LogP) is 3.77. The Hall–Kier alpha value is -1.70. The summed E-state index contributed by atoms with van der Waals surface area (Å²) in [6.45, 7) is 1.94. The van der Waals surface area contributed by atoms with E-state index in [-0.39, 0.29) is 16.7 Å². The monoisotopic (exact) mass is 369 g/mol. The molecule has 0 radical (unpaired) electrons. The summed E-state index contributed by atoms with van der Waals surface area (Å²) in [7, 11) is 0. The maximum absolute atomic E-state index is 11.0. The minimum Gasteiger partial charge on any atom is -0.373 e. The summed E-state index contributed by atoms with van der Waals surface area (Å²) in [5, 5.41) is 14.2. The van der Waals surface area contributed by atoms with Crippen LogP contribution < -0.4 is 5.32 Å². The molecule has 1 atom stereocenters. The smallest absolute Gasteiger partial charge is 0.293 e. The number of anilines is 1. The molecule has 0 saturated heterocycles. The van der Waals surface area contributed by atoms with Crippen LogP contribution in [0.4, 0.5) is 11.4 Å². The number of rotatable bonds is 4. The molecule has 0 saturated carbocycles. The maximum Gasteiger partial charge on any atom is 0.293 e. The molecule has 5 nitrogen and oxygen atoms in total. The number of pyridine rings is 1. The van der Waals surface area contributed by atoms with Gasteiger partial charge in [0.15, 0.2) is 0 Å². The fourth-order valence-corrected chi connectivity index (χ4v) is 2.20. The van der Waals surface area contributed by atoms with Gasteiger partial charge in [0.25, 0.3) is 5.69 Å². The molecule has 2 aromatic rings. The van der Waals surface area contributed by atoms with Gasteiger partial charge in [0.1, 0.15) is 5.69 Å². The summed E-state index contributed by atoms with van der Waals surface area (Å²) in [5.74, 6) is 0. The van der Waals surface area contributed by atoms with Crippen molar-refractivity contribution in [2.45, 2.75) is 13.0 Å². The largest absolute Gasteiger partial charge is 0.373 e. The highest BCUT2D eigenvalue weighted by atomic mass is 127. The van der Waals surface area contributed by atoms with E-state index in [1.807, 2.05) is 25.1 Å². The molecule has 1 aromatic heterocycles. The number of benzene rings is 1. The molecule has 0 spiro atoms. The van der Waals surface area contributed by atoms with E-state index in [0.717, 1.165) is 9.13 Å². The fraction of sp³-hybridized carbons (Fsp3) is 0.154. The van der Waals surface area contributed by atoms with E-state index in [2.05, 4.69) is 32.9 Å². The second kappa shape index (κ2) is 5.96. The molecule has 98 valence electrons. The summed E-state index contributed by atoms with van der Waals surface area (Å²) in [6.07, 6.45) is 3.44. The normalized spacial score (nSPS) is 11.9. The van der Waals surface area contributed by atoms with Gasteiger partial charge < -0.3 is 5.32 Å². The molecule has 0 bridgehead atoms. The molecular weight excluding hydrogens is 357 g/mol. The van der Waals surface area contributed by atoms with Crippen molar-refractivity contribution in [2.24, 2.45) is 0 Å². The average molecular weight is 369 g/mol. The number of hydrogen-bond acceptors (Lipinski definition) is 4. The molecule has 0 fully saturated rings. The molecule has 1 heterocycles. The number of aromatic nitrogens is 1. The van der Waals surface area contributed by atoms with Crippen molar-refractivity contribution in [1.29, 1.82) is 0 Å². The van der Waals surface area contributed by atoms with E-state index in [1.54, 1.807) is 24.5 Å². The summed E-state index contributed by atoms with van der Waals surface area (Å²) in [4.78, 5) is 14.7. The van der Waals surface area contributed by atoms with Gasteiger partial charge in [-0.05, 0) is 53.3 Å². The van der Waals surface area contributed by atoms with E-state index >= 15 is 0 Å². The lowest BCUT2D eigenvalue weighted by Gasteiger charge is -2.15. The highest BCUT2D eigenvalue weighted by molar-refractivity contribution is 14.1. The molecule has 0 aliphatic carbocycles. The topological polar surface area (TPSA) is 68.1 Å². The van der Waals surface area contributed by atoms with Gasteiger partial charge in [-0.2, -0.15) is 0 Å². The Balaban J connectivity index is 2.26. The standard InChI is InChI=1S/C13H12IN3O2/c1-9(10-3-2-6-15-8-10)16-12-5-4-11(14)7-13(12)17(18)19/h2-9,16H,1H3. The third-order valence-electron chi connectivity index (χ3n) is 2.71. The van der Waals surface area contributed by atoms with E-state index in [0.29, 0.717) is 5.69 Å². The molecule has 6 heteroatoms. The molecule has 0 amide bonds. The zero-order chi connectivity index (χ0) is 13.8. The highest BCUT2D eigenvalue weighted by Gasteiger charge is 2.16. The van der Waals surface area contributed by atoms with Crippen molar-refractivity contribution < 1.29 is 4.92 Å². The zero-order valence-corrected chi connectivity index (χ0v) is 12.4. The van der Waals surface area contributed by atoms with Crippen LogP contribution in [0, 0.1) is 13.7 Å². The first kappa shape index (κ1) is 13.7. The van der Waals surface area contributed by atoms with Gasteiger partial charge in [0.2, 0.25) is 0 Å². The minimum atomic E-state index is -0.375. The Labute approximate surface area is 124 Å². The van der Waals surface area contributed by atoms with Crippen LogP contribution in [0.15, 0.2) is 42.7 Å². The number of halogens is 1. The van der Waals surface area contributed by atoms with Crippen molar-refractivity contribution in [3.8, 4) is 0 Å². The summed E-state index contributed by atoms with van der Waals surface area (Å²) >= 11 is 2.06. The van der Waals surface area contributed by atoms with Crippen molar-refractivity contribution in [3.63, 3.8) is 0 Å². The third-order valence-corrected chi connectivity index (χ3v) is 3.38. The van der Waals surface area contributed by atoms with Crippen LogP contribution >= 0.6 is 22.6 Å². The van der Waals surface area contributed by atoms with Gasteiger partial charge in [-0.25, -0.2) is 0 Å². The van der Waals surface area contributed by atoms with Crippen LogP contribution in [0.3, 0.4) is 0 Å². The van der Waals surface area contributed by atoms with E-state index in [9.17, 15) is 10.1 Å². The van der Waals surface area contributed by atoms with Crippen molar-refractivity contribution in [3.05, 3.63) is 62.0 Å². The lowest BCUT2D eigenvalue weighted by atomic mass is 10.1. The minimum absolute atomic E-state index is 0.0486.